The number of aromatic nitrogens is 1. The molecular weight excluding hydrogens is 280 g/mol. The van der Waals surface area contributed by atoms with Crippen molar-refractivity contribution < 1.29 is 13.2 Å². The van der Waals surface area contributed by atoms with E-state index in [1.807, 2.05) is 6.92 Å². The molecule has 1 aromatic heterocycles. The zero-order chi connectivity index (χ0) is 14.6. The second kappa shape index (κ2) is 5.79. The summed E-state index contributed by atoms with van der Waals surface area (Å²) in [4.78, 5) is 13.2. The standard InChI is InChI=1S/C13H14N2O4S/c1-2-19-11-5-3-4-10(8-11)15-20(17,18)12-6-7-13(16)14-9-12/h3-9,15H,2H2,1H3,(H,14,16). The van der Waals surface area contributed by atoms with Gasteiger partial charge < -0.3 is 9.72 Å². The molecule has 20 heavy (non-hydrogen) atoms. The molecular formula is C13H14N2O4S. The third-order valence-electron chi connectivity index (χ3n) is 2.46. The second-order valence-electron chi connectivity index (χ2n) is 3.95. The molecule has 0 atom stereocenters. The number of benzene rings is 1. The maximum atomic E-state index is 12.1. The van der Waals surface area contributed by atoms with E-state index in [0.29, 0.717) is 18.0 Å². The molecule has 0 unspecified atom stereocenters. The fourth-order valence-electron chi connectivity index (χ4n) is 1.59. The number of hydrogen-bond donors (Lipinski definition) is 2. The number of hydrogen-bond acceptors (Lipinski definition) is 4. The SMILES string of the molecule is CCOc1cccc(NS(=O)(=O)c2ccc(=O)[nH]c2)c1. The van der Waals surface area contributed by atoms with Crippen LogP contribution in [0.1, 0.15) is 6.92 Å². The van der Waals surface area contributed by atoms with E-state index in [4.69, 9.17) is 4.74 Å². The largest absolute Gasteiger partial charge is 0.494 e. The van der Waals surface area contributed by atoms with Crippen LogP contribution in [0.2, 0.25) is 0 Å². The second-order valence-corrected chi connectivity index (χ2v) is 5.64. The van der Waals surface area contributed by atoms with Crippen molar-refractivity contribution in [2.24, 2.45) is 0 Å². The van der Waals surface area contributed by atoms with Crippen LogP contribution in [0, 0.1) is 0 Å². The Balaban J connectivity index is 2.26. The van der Waals surface area contributed by atoms with Crippen molar-refractivity contribution in [1.82, 2.24) is 4.98 Å². The molecule has 7 heteroatoms. The number of anilines is 1. The highest BCUT2D eigenvalue weighted by Crippen LogP contribution is 2.20. The summed E-state index contributed by atoms with van der Waals surface area (Å²) in [6.45, 7) is 2.34. The lowest BCUT2D eigenvalue weighted by Crippen LogP contribution is -2.15. The highest BCUT2D eigenvalue weighted by atomic mass is 32.2. The molecule has 1 aromatic carbocycles. The Morgan fingerprint density at radius 3 is 2.70 bits per heavy atom. The van der Waals surface area contributed by atoms with Gasteiger partial charge in [-0.1, -0.05) is 6.07 Å². The third kappa shape index (κ3) is 3.39. The van der Waals surface area contributed by atoms with Crippen molar-refractivity contribution in [3.8, 4) is 5.75 Å². The van der Waals surface area contributed by atoms with Gasteiger partial charge in [0, 0.05) is 18.3 Å². The van der Waals surface area contributed by atoms with Crippen LogP contribution in [0.3, 0.4) is 0 Å². The van der Waals surface area contributed by atoms with Gasteiger partial charge in [0.1, 0.15) is 10.6 Å². The van der Waals surface area contributed by atoms with Gasteiger partial charge in [-0.3, -0.25) is 9.52 Å². The van der Waals surface area contributed by atoms with Crippen LogP contribution in [-0.4, -0.2) is 20.0 Å². The molecule has 0 fully saturated rings. The fraction of sp³-hybridized carbons (Fsp3) is 0.154. The number of ether oxygens (including phenoxy) is 1. The molecule has 2 aromatic rings. The van der Waals surface area contributed by atoms with Crippen LogP contribution in [0.4, 0.5) is 5.69 Å². The topological polar surface area (TPSA) is 88.3 Å². The Bertz CT molecular complexity index is 732. The molecule has 1 heterocycles. The van der Waals surface area contributed by atoms with Crippen LogP contribution in [0.15, 0.2) is 52.3 Å². The smallest absolute Gasteiger partial charge is 0.263 e. The van der Waals surface area contributed by atoms with E-state index >= 15 is 0 Å². The maximum Gasteiger partial charge on any atom is 0.263 e. The summed E-state index contributed by atoms with van der Waals surface area (Å²) in [6, 6.07) is 9.04. The van der Waals surface area contributed by atoms with Crippen LogP contribution in [-0.2, 0) is 10.0 Å². The van der Waals surface area contributed by atoms with E-state index < -0.39 is 10.0 Å². The van der Waals surface area contributed by atoms with Gasteiger partial charge in [0.25, 0.3) is 10.0 Å². The highest BCUT2D eigenvalue weighted by Gasteiger charge is 2.14. The average molecular weight is 294 g/mol. The summed E-state index contributed by atoms with van der Waals surface area (Å²) in [7, 11) is -3.74. The van der Waals surface area contributed by atoms with E-state index in [1.165, 1.54) is 6.07 Å². The van der Waals surface area contributed by atoms with E-state index in [9.17, 15) is 13.2 Å². The van der Waals surface area contributed by atoms with Crippen molar-refractivity contribution >= 4 is 15.7 Å². The minimum Gasteiger partial charge on any atom is -0.494 e. The van der Waals surface area contributed by atoms with E-state index in [2.05, 4.69) is 9.71 Å². The number of nitrogens with one attached hydrogen (secondary N) is 2. The first-order chi connectivity index (χ1) is 9.51. The van der Waals surface area contributed by atoms with Gasteiger partial charge >= 0.3 is 0 Å². The number of aromatic amines is 1. The highest BCUT2D eigenvalue weighted by molar-refractivity contribution is 7.92. The van der Waals surface area contributed by atoms with Crippen LogP contribution < -0.4 is 15.0 Å². The van der Waals surface area contributed by atoms with Crippen molar-refractivity contribution in [1.29, 1.82) is 0 Å². The molecule has 0 aliphatic carbocycles. The lowest BCUT2D eigenvalue weighted by molar-refractivity contribution is 0.340. The Morgan fingerprint density at radius 2 is 2.05 bits per heavy atom. The molecule has 6 nitrogen and oxygen atoms in total. The summed E-state index contributed by atoms with van der Waals surface area (Å²) in [5.74, 6) is 0.578. The molecule has 106 valence electrons. The molecule has 2 rings (SSSR count). The normalized spacial score (nSPS) is 11.1. The predicted octanol–water partition coefficient (Wildman–Crippen LogP) is 1.57. The van der Waals surface area contributed by atoms with E-state index in [-0.39, 0.29) is 10.5 Å². The quantitative estimate of drug-likeness (QED) is 0.876. The molecule has 0 amide bonds. The van der Waals surface area contributed by atoms with Gasteiger partial charge in [-0.25, -0.2) is 8.42 Å². The molecule has 0 aliphatic rings. The Hall–Kier alpha value is -2.28. The fourth-order valence-corrected chi connectivity index (χ4v) is 2.61. The van der Waals surface area contributed by atoms with Crippen molar-refractivity contribution in [3.05, 3.63) is 52.9 Å². The molecule has 0 saturated carbocycles. The van der Waals surface area contributed by atoms with Gasteiger partial charge in [0.05, 0.1) is 12.3 Å². The van der Waals surface area contributed by atoms with Crippen molar-refractivity contribution in [3.63, 3.8) is 0 Å². The minimum atomic E-state index is -3.74. The van der Waals surface area contributed by atoms with Crippen LogP contribution in [0.5, 0.6) is 5.75 Å². The monoisotopic (exact) mass is 294 g/mol. The average Bonchev–Trinajstić information content (AvgIpc) is 2.39. The Kier molecular flexibility index (Phi) is 4.09. The first kappa shape index (κ1) is 14.1. The van der Waals surface area contributed by atoms with Crippen molar-refractivity contribution in [2.75, 3.05) is 11.3 Å². The first-order valence-corrected chi connectivity index (χ1v) is 7.44. The molecule has 0 aliphatic heterocycles. The number of H-pyrrole nitrogens is 1. The van der Waals surface area contributed by atoms with Gasteiger partial charge in [0.15, 0.2) is 0 Å². The van der Waals surface area contributed by atoms with Crippen molar-refractivity contribution in [2.45, 2.75) is 11.8 Å². The third-order valence-corrected chi connectivity index (χ3v) is 3.84. The minimum absolute atomic E-state index is 0.0149. The zero-order valence-electron chi connectivity index (χ0n) is 10.8. The lowest BCUT2D eigenvalue weighted by Gasteiger charge is -2.09. The van der Waals surface area contributed by atoms with Gasteiger partial charge in [-0.15, -0.1) is 0 Å². The summed E-state index contributed by atoms with van der Waals surface area (Å²) in [5, 5.41) is 0. The number of rotatable bonds is 5. The van der Waals surface area contributed by atoms with Gasteiger partial charge in [0.2, 0.25) is 5.56 Å². The number of pyridine rings is 1. The first-order valence-electron chi connectivity index (χ1n) is 5.96. The van der Waals surface area contributed by atoms with Crippen LogP contribution in [0.25, 0.3) is 0 Å². The predicted molar refractivity (Wildman–Crippen MR) is 75.5 cm³/mol. The summed E-state index contributed by atoms with van der Waals surface area (Å²) >= 11 is 0. The summed E-state index contributed by atoms with van der Waals surface area (Å²) < 4.78 is 31.9. The molecule has 0 spiro atoms. The maximum absolute atomic E-state index is 12.1. The number of sulfonamides is 1. The molecule has 0 bridgehead atoms. The molecule has 0 saturated heterocycles. The zero-order valence-corrected chi connectivity index (χ0v) is 11.6. The Labute approximate surface area is 116 Å². The molecule has 2 N–H and O–H groups in total. The van der Waals surface area contributed by atoms with E-state index in [0.717, 1.165) is 12.3 Å². The lowest BCUT2D eigenvalue weighted by atomic mass is 10.3. The summed E-state index contributed by atoms with van der Waals surface area (Å²) in [5.41, 5.74) is 0.0319. The van der Waals surface area contributed by atoms with Gasteiger partial charge in [-0.2, -0.15) is 0 Å². The molecule has 0 radical (unpaired) electrons. The summed E-state index contributed by atoms with van der Waals surface area (Å²) in [6.07, 6.45) is 1.15. The Morgan fingerprint density at radius 1 is 1.25 bits per heavy atom. The van der Waals surface area contributed by atoms with Gasteiger partial charge in [-0.05, 0) is 25.1 Å². The van der Waals surface area contributed by atoms with E-state index in [1.54, 1.807) is 24.3 Å². The van der Waals surface area contributed by atoms with Crippen LogP contribution >= 0.6 is 0 Å².